The van der Waals surface area contributed by atoms with Gasteiger partial charge in [-0.2, -0.15) is 0 Å². The molecular weight excluding hydrogens is 500 g/mol. The Morgan fingerprint density at radius 1 is 0.632 bits per heavy atom. The quantitative estimate of drug-likeness (QED) is 0.0762. The van der Waals surface area contributed by atoms with Gasteiger partial charge >= 0.3 is 11.9 Å². The predicted octanol–water partition coefficient (Wildman–Crippen LogP) is 8.32. The summed E-state index contributed by atoms with van der Waals surface area (Å²) < 4.78 is 10.5. The molecule has 0 aromatic heterocycles. The van der Waals surface area contributed by atoms with Crippen LogP contribution in [0.25, 0.3) is 0 Å². The lowest BCUT2D eigenvalue weighted by Gasteiger charge is -2.15. The van der Waals surface area contributed by atoms with Crippen LogP contribution in [0.3, 0.4) is 0 Å². The number of unbranched alkanes of at least 4 members (excludes halogenated alkanes) is 18. The van der Waals surface area contributed by atoms with E-state index in [0.29, 0.717) is 12.8 Å². The molecular formula is C31H58O6S. The first-order valence-corrected chi connectivity index (χ1v) is 16.6. The highest BCUT2D eigenvalue weighted by Crippen LogP contribution is 2.14. The van der Waals surface area contributed by atoms with E-state index in [2.05, 4.69) is 6.92 Å². The summed E-state index contributed by atoms with van der Waals surface area (Å²) in [6.45, 7) is 3.44. The fourth-order valence-electron chi connectivity index (χ4n) is 4.39. The zero-order valence-electron chi connectivity index (χ0n) is 24.7. The molecule has 0 rings (SSSR count). The summed E-state index contributed by atoms with van der Waals surface area (Å²) in [5.74, 6) is 0.338. The van der Waals surface area contributed by atoms with Crippen molar-refractivity contribution in [1.82, 2.24) is 0 Å². The lowest BCUT2D eigenvalue weighted by atomic mass is 10.1. The first kappa shape index (κ1) is 36.9. The maximum atomic E-state index is 12.0. The van der Waals surface area contributed by atoms with Gasteiger partial charge in [-0.3, -0.25) is 14.4 Å². The maximum Gasteiger partial charge on any atom is 0.306 e. The molecule has 0 aromatic rings. The summed E-state index contributed by atoms with van der Waals surface area (Å²) in [4.78, 5) is 34.8. The number of carbonyl (C=O) groups is 3. The topological polar surface area (TPSA) is 89.9 Å². The summed E-state index contributed by atoms with van der Waals surface area (Å²) in [5.41, 5.74) is 0. The Kier molecular flexibility index (Phi) is 28.1. The van der Waals surface area contributed by atoms with Gasteiger partial charge in [0.15, 0.2) is 11.2 Å². The van der Waals surface area contributed by atoms with Crippen molar-refractivity contribution in [2.45, 2.75) is 161 Å². The van der Waals surface area contributed by atoms with Crippen LogP contribution in [0.1, 0.15) is 155 Å². The van der Waals surface area contributed by atoms with Gasteiger partial charge in [0.25, 0.3) is 0 Å². The predicted molar refractivity (Wildman–Crippen MR) is 158 cm³/mol. The van der Waals surface area contributed by atoms with E-state index in [9.17, 15) is 19.5 Å². The van der Waals surface area contributed by atoms with Gasteiger partial charge in [-0.05, 0) is 19.3 Å². The minimum absolute atomic E-state index is 0.0750. The third kappa shape index (κ3) is 27.9. The first-order chi connectivity index (χ1) is 18.5. The Morgan fingerprint density at radius 2 is 1.05 bits per heavy atom. The molecule has 0 spiro atoms. The lowest BCUT2D eigenvalue weighted by Crippen LogP contribution is -2.28. The standard InChI is InChI=1S/C31H58O6S/c1-3-4-5-6-7-11-15-18-21-24-31(35)37-29(26-32)27-36-30(34)23-20-17-14-12-9-8-10-13-16-19-22-25-38-28(2)33/h29,32H,3-27H2,1-2H3/t29-/m0/s1. The molecule has 7 heteroatoms. The number of hydrogen-bond acceptors (Lipinski definition) is 7. The normalized spacial score (nSPS) is 11.9. The third-order valence-electron chi connectivity index (χ3n) is 6.75. The van der Waals surface area contributed by atoms with E-state index in [0.717, 1.165) is 50.7 Å². The van der Waals surface area contributed by atoms with Gasteiger partial charge in [0.05, 0.1) is 6.61 Å². The van der Waals surface area contributed by atoms with Gasteiger partial charge in [0.2, 0.25) is 0 Å². The summed E-state index contributed by atoms with van der Waals surface area (Å²) in [6, 6.07) is 0. The summed E-state index contributed by atoms with van der Waals surface area (Å²) >= 11 is 1.43. The van der Waals surface area contributed by atoms with E-state index < -0.39 is 6.10 Å². The Bertz CT molecular complexity index is 569. The molecule has 0 heterocycles. The van der Waals surface area contributed by atoms with Gasteiger partial charge in [0, 0.05) is 25.5 Å². The van der Waals surface area contributed by atoms with Gasteiger partial charge in [-0.1, -0.05) is 128 Å². The fourth-order valence-corrected chi connectivity index (χ4v) is 5.02. The highest BCUT2D eigenvalue weighted by Gasteiger charge is 2.16. The summed E-state index contributed by atoms with van der Waals surface area (Å²) in [5, 5.41) is 9.67. The highest BCUT2D eigenvalue weighted by molar-refractivity contribution is 8.13. The minimum Gasteiger partial charge on any atom is -0.462 e. The Labute approximate surface area is 237 Å². The second-order valence-corrected chi connectivity index (χ2v) is 11.8. The van der Waals surface area contributed by atoms with E-state index in [-0.39, 0.29) is 30.3 Å². The summed E-state index contributed by atoms with van der Waals surface area (Å²) in [6.07, 6.45) is 23.4. The lowest BCUT2D eigenvalue weighted by molar-refractivity contribution is -0.161. The molecule has 0 aliphatic rings. The molecule has 0 aliphatic carbocycles. The van der Waals surface area contributed by atoms with Crippen molar-refractivity contribution in [1.29, 1.82) is 0 Å². The molecule has 0 saturated heterocycles. The Balaban J connectivity index is 3.54. The van der Waals surface area contributed by atoms with Gasteiger partial charge in [-0.15, -0.1) is 0 Å². The number of aliphatic hydroxyl groups excluding tert-OH is 1. The first-order valence-electron chi connectivity index (χ1n) is 15.6. The summed E-state index contributed by atoms with van der Waals surface area (Å²) in [7, 11) is 0. The number of aliphatic hydroxyl groups is 1. The number of hydrogen-bond donors (Lipinski definition) is 1. The van der Waals surface area contributed by atoms with Crippen LogP contribution < -0.4 is 0 Å². The van der Waals surface area contributed by atoms with E-state index >= 15 is 0 Å². The molecule has 38 heavy (non-hydrogen) atoms. The van der Waals surface area contributed by atoms with E-state index in [1.807, 2.05) is 0 Å². The molecule has 0 amide bonds. The van der Waals surface area contributed by atoms with Crippen LogP contribution in [-0.2, 0) is 23.9 Å². The van der Waals surface area contributed by atoms with Crippen LogP contribution in [0.15, 0.2) is 0 Å². The van der Waals surface area contributed by atoms with Crippen LogP contribution in [0.5, 0.6) is 0 Å². The zero-order valence-corrected chi connectivity index (χ0v) is 25.5. The molecule has 0 bridgehead atoms. The number of carbonyl (C=O) groups excluding carboxylic acids is 3. The average Bonchev–Trinajstić information content (AvgIpc) is 2.90. The van der Waals surface area contributed by atoms with Crippen LogP contribution >= 0.6 is 11.8 Å². The van der Waals surface area contributed by atoms with E-state index in [4.69, 9.17) is 9.47 Å². The number of rotatable bonds is 28. The molecule has 0 unspecified atom stereocenters. The molecule has 0 aromatic carbocycles. The van der Waals surface area contributed by atoms with Crippen molar-refractivity contribution in [3.8, 4) is 0 Å². The Morgan fingerprint density at radius 3 is 1.50 bits per heavy atom. The number of esters is 2. The molecule has 224 valence electrons. The van der Waals surface area contributed by atoms with Crippen molar-refractivity contribution in [2.24, 2.45) is 0 Å². The van der Waals surface area contributed by atoms with Gasteiger partial charge in [0.1, 0.15) is 6.61 Å². The number of ether oxygens (including phenoxy) is 2. The maximum absolute atomic E-state index is 12.0. The molecule has 1 N–H and O–H groups in total. The van der Waals surface area contributed by atoms with Gasteiger partial charge < -0.3 is 14.6 Å². The largest absolute Gasteiger partial charge is 0.462 e. The molecule has 1 atom stereocenters. The van der Waals surface area contributed by atoms with Crippen molar-refractivity contribution >= 4 is 28.8 Å². The van der Waals surface area contributed by atoms with Crippen LogP contribution in [0, 0.1) is 0 Å². The van der Waals surface area contributed by atoms with Crippen LogP contribution in [0.4, 0.5) is 0 Å². The van der Waals surface area contributed by atoms with Crippen molar-refractivity contribution < 1.29 is 29.0 Å². The SMILES string of the molecule is CCCCCCCCCCCC(=O)O[C@@H](CO)COC(=O)CCCCCCCCCCCCCSC(C)=O. The van der Waals surface area contributed by atoms with Gasteiger partial charge in [-0.25, -0.2) is 0 Å². The third-order valence-corrected chi connectivity index (χ3v) is 7.65. The van der Waals surface area contributed by atoms with Crippen molar-refractivity contribution in [3.63, 3.8) is 0 Å². The second kappa shape index (κ2) is 28.9. The molecule has 0 saturated carbocycles. The molecule has 6 nitrogen and oxygen atoms in total. The fraction of sp³-hybridized carbons (Fsp3) is 0.903. The monoisotopic (exact) mass is 558 g/mol. The number of thioether (sulfide) groups is 1. The molecule has 0 aliphatic heterocycles. The highest BCUT2D eigenvalue weighted by atomic mass is 32.2. The van der Waals surface area contributed by atoms with Crippen LogP contribution in [-0.4, -0.2) is 47.2 Å². The van der Waals surface area contributed by atoms with E-state index in [1.165, 1.54) is 95.2 Å². The van der Waals surface area contributed by atoms with E-state index in [1.54, 1.807) is 6.92 Å². The second-order valence-electron chi connectivity index (χ2n) is 10.5. The van der Waals surface area contributed by atoms with Crippen molar-refractivity contribution in [2.75, 3.05) is 19.0 Å². The average molecular weight is 559 g/mol. The zero-order chi connectivity index (χ0) is 28.1. The van der Waals surface area contributed by atoms with Crippen LogP contribution in [0.2, 0.25) is 0 Å². The molecule has 0 radical (unpaired) electrons. The van der Waals surface area contributed by atoms with Crippen molar-refractivity contribution in [3.05, 3.63) is 0 Å². The molecule has 0 fully saturated rings. The minimum atomic E-state index is -0.774. The smallest absolute Gasteiger partial charge is 0.306 e. The Hall–Kier alpha value is -1.08.